The number of hydrogen-bond donors (Lipinski definition) is 2. The number of amidine groups is 1. The predicted octanol–water partition coefficient (Wildman–Crippen LogP) is 8.08. The van der Waals surface area contributed by atoms with Crippen LogP contribution in [-0.4, -0.2) is 40.5 Å². The molecule has 6 nitrogen and oxygen atoms in total. The molecule has 0 aromatic heterocycles. The molecule has 0 atom stereocenters. The predicted molar refractivity (Wildman–Crippen MR) is 164 cm³/mol. The molecule has 1 saturated heterocycles. The number of amides is 1. The van der Waals surface area contributed by atoms with Crippen LogP contribution in [0, 0.1) is 5.41 Å². The summed E-state index contributed by atoms with van der Waals surface area (Å²) in [6.07, 6.45) is 4.79. The third kappa shape index (κ3) is 8.96. The molecule has 4 rings (SSSR count). The van der Waals surface area contributed by atoms with Crippen molar-refractivity contribution >= 4 is 46.1 Å². The molecular formula is C30H39N3O3S2. The lowest BCUT2D eigenvalue weighted by molar-refractivity contribution is -0.122. The molecule has 0 saturated carbocycles. The maximum Gasteiger partial charge on any atom is 0.269 e. The number of Topliss-reactive ketones (excluding diaryl/α,β-unsaturated/α-hetero) is 1. The Morgan fingerprint density at radius 2 is 1.66 bits per heavy atom. The number of phenols is 1. The molecule has 0 aliphatic carbocycles. The second-order valence-corrected chi connectivity index (χ2v) is 10.1. The van der Waals surface area contributed by atoms with Gasteiger partial charge in [-0.2, -0.15) is 0 Å². The van der Waals surface area contributed by atoms with E-state index in [4.69, 9.17) is 10.5 Å². The molecule has 1 amide bonds. The van der Waals surface area contributed by atoms with Crippen LogP contribution in [0.3, 0.4) is 0 Å². The van der Waals surface area contributed by atoms with Gasteiger partial charge in [-0.15, -0.1) is 6.58 Å². The summed E-state index contributed by atoms with van der Waals surface area (Å²) in [5, 5.41) is 18.2. The Morgan fingerprint density at radius 3 is 2.18 bits per heavy atom. The minimum atomic E-state index is -0.0639. The molecule has 1 fully saturated rings. The highest BCUT2D eigenvalue weighted by atomic mass is 32.2. The number of phenolic OH excluding ortho intramolecular Hbond substituents is 1. The molecule has 2 aliphatic rings. The number of benzene rings is 2. The lowest BCUT2D eigenvalue weighted by Crippen LogP contribution is -2.30. The summed E-state index contributed by atoms with van der Waals surface area (Å²) in [4.78, 5) is 28.9. The number of thioether (sulfide) groups is 2. The Labute approximate surface area is 236 Å². The SMILES string of the molecule is C=CC.CC.CC(=O)c1ccc(O)cc1.CC/C=C(\C)CN1C(=N)S/C(=C2\Sc3ccccc3N2C)C1=O. The van der Waals surface area contributed by atoms with Gasteiger partial charge in [0.15, 0.2) is 11.0 Å². The summed E-state index contributed by atoms with van der Waals surface area (Å²) in [7, 11) is 1.98. The lowest BCUT2D eigenvalue weighted by Gasteiger charge is -2.16. The van der Waals surface area contributed by atoms with Crippen molar-refractivity contribution in [2.75, 3.05) is 18.5 Å². The zero-order valence-electron chi connectivity index (χ0n) is 23.4. The van der Waals surface area contributed by atoms with Crippen LogP contribution in [0.1, 0.15) is 58.3 Å². The Morgan fingerprint density at radius 1 is 1.08 bits per heavy atom. The maximum atomic E-state index is 12.8. The van der Waals surface area contributed by atoms with Crippen LogP contribution in [0.15, 0.2) is 87.7 Å². The minimum Gasteiger partial charge on any atom is -0.508 e. The second-order valence-electron chi connectivity index (χ2n) is 8.03. The van der Waals surface area contributed by atoms with E-state index < -0.39 is 0 Å². The van der Waals surface area contributed by atoms with E-state index in [0.717, 1.165) is 27.6 Å². The first-order valence-corrected chi connectivity index (χ1v) is 14.1. The Balaban J connectivity index is 0.000000401. The van der Waals surface area contributed by atoms with Gasteiger partial charge in [0, 0.05) is 24.1 Å². The number of fused-ring (bicyclic) bond motifs is 1. The highest BCUT2D eigenvalue weighted by molar-refractivity contribution is 8.19. The van der Waals surface area contributed by atoms with Gasteiger partial charge in [0.1, 0.15) is 10.7 Å². The molecule has 0 unspecified atom stereocenters. The van der Waals surface area contributed by atoms with E-state index in [-0.39, 0.29) is 17.4 Å². The van der Waals surface area contributed by atoms with Crippen molar-refractivity contribution < 1.29 is 14.7 Å². The number of nitrogens with zero attached hydrogens (tertiary/aromatic N) is 2. The van der Waals surface area contributed by atoms with Crippen molar-refractivity contribution in [1.29, 1.82) is 5.41 Å². The maximum absolute atomic E-state index is 12.8. The van der Waals surface area contributed by atoms with Crippen molar-refractivity contribution in [3.8, 4) is 5.75 Å². The number of anilines is 1. The molecule has 2 aromatic rings. The number of nitrogens with one attached hydrogen (secondary N) is 1. The van der Waals surface area contributed by atoms with Gasteiger partial charge < -0.3 is 10.0 Å². The van der Waals surface area contributed by atoms with Crippen LogP contribution < -0.4 is 4.90 Å². The van der Waals surface area contributed by atoms with Gasteiger partial charge in [-0.1, -0.05) is 62.4 Å². The van der Waals surface area contributed by atoms with Crippen LogP contribution in [0.5, 0.6) is 5.75 Å². The summed E-state index contributed by atoms with van der Waals surface area (Å²) in [5.74, 6) is 0.135. The fraction of sp³-hybridized carbons (Fsp3) is 0.300. The number of carbonyl (C=O) groups is 2. The molecule has 0 radical (unpaired) electrons. The molecular weight excluding hydrogens is 514 g/mol. The Bertz CT molecular complexity index is 1190. The number of carbonyl (C=O) groups excluding carboxylic acids is 2. The molecule has 0 spiro atoms. The fourth-order valence-electron chi connectivity index (χ4n) is 3.35. The highest BCUT2D eigenvalue weighted by Crippen LogP contribution is 2.49. The first-order chi connectivity index (χ1) is 18.1. The van der Waals surface area contributed by atoms with E-state index in [1.807, 2.05) is 51.8 Å². The van der Waals surface area contributed by atoms with Crippen molar-refractivity contribution in [2.24, 2.45) is 0 Å². The summed E-state index contributed by atoms with van der Waals surface area (Å²) in [5.41, 5.74) is 2.85. The molecule has 2 aliphatic heterocycles. The van der Waals surface area contributed by atoms with Crippen molar-refractivity contribution in [3.05, 3.63) is 88.3 Å². The van der Waals surface area contributed by atoms with Crippen LogP contribution in [0.25, 0.3) is 0 Å². The molecule has 2 aromatic carbocycles. The van der Waals surface area contributed by atoms with Crippen LogP contribution in [0.4, 0.5) is 5.69 Å². The molecule has 204 valence electrons. The van der Waals surface area contributed by atoms with Gasteiger partial charge in [-0.05, 0) is 75.4 Å². The quantitative estimate of drug-likeness (QED) is 0.226. The number of hydrogen-bond acceptors (Lipinski definition) is 7. The number of ketones is 1. The van der Waals surface area contributed by atoms with Crippen LogP contribution >= 0.6 is 23.5 Å². The van der Waals surface area contributed by atoms with E-state index in [9.17, 15) is 9.59 Å². The summed E-state index contributed by atoms with van der Waals surface area (Å²) < 4.78 is 0. The topological polar surface area (TPSA) is 84.7 Å². The number of rotatable bonds is 4. The summed E-state index contributed by atoms with van der Waals surface area (Å²) in [6.45, 7) is 15.3. The zero-order chi connectivity index (χ0) is 28.8. The van der Waals surface area contributed by atoms with Gasteiger partial charge >= 0.3 is 0 Å². The minimum absolute atomic E-state index is 0.0139. The number of para-hydroxylation sites is 1. The number of aromatic hydroxyl groups is 1. The van der Waals surface area contributed by atoms with Crippen LogP contribution in [-0.2, 0) is 4.79 Å². The monoisotopic (exact) mass is 553 g/mol. The third-order valence-electron chi connectivity index (χ3n) is 5.05. The zero-order valence-corrected chi connectivity index (χ0v) is 25.0. The van der Waals surface area contributed by atoms with E-state index in [0.29, 0.717) is 22.2 Å². The van der Waals surface area contributed by atoms with Gasteiger partial charge in [-0.3, -0.25) is 19.9 Å². The highest BCUT2D eigenvalue weighted by Gasteiger charge is 2.38. The smallest absolute Gasteiger partial charge is 0.269 e. The van der Waals surface area contributed by atoms with Gasteiger partial charge in [0.05, 0.1) is 10.7 Å². The van der Waals surface area contributed by atoms with Gasteiger partial charge in [0.2, 0.25) is 0 Å². The molecule has 2 heterocycles. The largest absolute Gasteiger partial charge is 0.508 e. The Kier molecular flexibility index (Phi) is 14.3. The van der Waals surface area contributed by atoms with Crippen molar-refractivity contribution in [2.45, 2.75) is 52.9 Å². The van der Waals surface area contributed by atoms with E-state index in [1.165, 1.54) is 30.8 Å². The second kappa shape index (κ2) is 16.6. The fourth-order valence-corrected chi connectivity index (χ4v) is 5.55. The van der Waals surface area contributed by atoms with Crippen molar-refractivity contribution in [1.82, 2.24) is 4.90 Å². The summed E-state index contributed by atoms with van der Waals surface area (Å²) >= 11 is 2.87. The first kappa shape index (κ1) is 32.8. The molecule has 2 N–H and O–H groups in total. The van der Waals surface area contributed by atoms with E-state index in [1.54, 1.807) is 34.9 Å². The first-order valence-electron chi connectivity index (χ1n) is 12.5. The van der Waals surface area contributed by atoms with E-state index in [2.05, 4.69) is 31.7 Å². The number of allylic oxidation sites excluding steroid dienone is 2. The molecule has 8 heteroatoms. The normalized spacial score (nSPS) is 15.9. The lowest BCUT2D eigenvalue weighted by atomic mass is 10.1. The third-order valence-corrected chi connectivity index (χ3v) is 7.40. The molecule has 38 heavy (non-hydrogen) atoms. The van der Waals surface area contributed by atoms with Gasteiger partial charge in [-0.25, -0.2) is 0 Å². The van der Waals surface area contributed by atoms with Crippen LogP contribution in [0.2, 0.25) is 0 Å². The van der Waals surface area contributed by atoms with Crippen molar-refractivity contribution in [3.63, 3.8) is 0 Å². The standard InChI is InChI=1S/C17H19N3OS2.C8H8O2.C3H6.C2H6/c1-4-7-11(2)10-20-15(21)14(23-17(20)18)16-19(3)12-8-5-6-9-13(12)22-16;1-6(9)7-2-4-8(10)5-3-7;1-3-2;1-2/h5-9,18H,4,10H2,1-3H3;2-5,10H,1H3;3H,1H2,2H3;1-2H3/b11-7+,16-14-,18-17?;;;. The average Bonchev–Trinajstić information content (AvgIpc) is 3.37. The Hall–Kier alpha value is -3.23. The van der Waals surface area contributed by atoms with E-state index >= 15 is 0 Å². The molecule has 0 bridgehead atoms. The van der Waals surface area contributed by atoms with Gasteiger partial charge in [0.25, 0.3) is 5.91 Å². The average molecular weight is 554 g/mol. The summed E-state index contributed by atoms with van der Waals surface area (Å²) in [6, 6.07) is 14.3.